The molecule has 0 aliphatic rings. The first-order valence-corrected chi connectivity index (χ1v) is 8.82. The Labute approximate surface area is 117 Å². The molecule has 0 radical (unpaired) electrons. The van der Waals surface area contributed by atoms with Crippen LogP contribution in [-0.4, -0.2) is 22.0 Å². The van der Waals surface area contributed by atoms with Crippen molar-refractivity contribution >= 4 is 14.9 Å². The monoisotopic (exact) mass is 280 g/mol. The molecule has 0 fully saturated rings. The predicted molar refractivity (Wildman–Crippen MR) is 81.3 cm³/mol. The highest BCUT2D eigenvalue weighted by Gasteiger charge is 2.42. The summed E-state index contributed by atoms with van der Waals surface area (Å²) in [5, 5.41) is 0. The maximum Gasteiger partial charge on any atom is 0.566 e. The maximum atomic E-state index is 6.11. The van der Waals surface area contributed by atoms with Crippen LogP contribution in [0.2, 0.25) is 6.04 Å². The highest BCUT2D eigenvalue weighted by atomic mass is 28.4. The number of benzene rings is 1. The van der Waals surface area contributed by atoms with Gasteiger partial charge in [-0.05, 0) is 31.5 Å². The van der Waals surface area contributed by atoms with E-state index in [1.165, 1.54) is 0 Å². The molecule has 3 nitrogen and oxygen atoms in total. The zero-order valence-electron chi connectivity index (χ0n) is 12.1. The van der Waals surface area contributed by atoms with E-state index in [0.717, 1.165) is 23.8 Å². The second-order valence-corrected chi connectivity index (χ2v) is 6.83. The van der Waals surface area contributed by atoms with Crippen LogP contribution in [0, 0.1) is 0 Å². The quantitative estimate of drug-likeness (QED) is 0.637. The van der Waals surface area contributed by atoms with Crippen LogP contribution in [0.3, 0.4) is 0 Å². The largest absolute Gasteiger partial charge is 0.566 e. The van der Waals surface area contributed by atoms with Crippen molar-refractivity contribution in [1.29, 1.82) is 0 Å². The van der Waals surface area contributed by atoms with Crippen LogP contribution in [-0.2, 0) is 8.85 Å². The van der Waals surface area contributed by atoms with Crippen molar-refractivity contribution in [1.82, 2.24) is 0 Å². The molecule has 0 bridgehead atoms. The van der Waals surface area contributed by atoms with E-state index in [4.69, 9.17) is 13.3 Å². The molecule has 0 atom stereocenters. The first-order chi connectivity index (χ1) is 9.19. The summed E-state index contributed by atoms with van der Waals surface area (Å²) in [7, 11) is -2.61. The Kier molecular flexibility index (Phi) is 6.84. The summed E-state index contributed by atoms with van der Waals surface area (Å²) in [6.45, 7) is 11.0. The second-order valence-electron chi connectivity index (χ2n) is 4.18. The zero-order chi connectivity index (χ0) is 14.1. The standard InChI is InChI=1S/C15H24O3Si/c1-5-12-19(16-7-3,17-8-4)18-15-11-9-10-14(6-2)13-15/h6,9-11,13H,2,5,7-8,12H2,1,3-4H3. The van der Waals surface area contributed by atoms with Crippen molar-refractivity contribution in [3.05, 3.63) is 36.4 Å². The fourth-order valence-corrected chi connectivity index (χ4v) is 4.50. The zero-order valence-corrected chi connectivity index (χ0v) is 13.1. The lowest BCUT2D eigenvalue weighted by Gasteiger charge is -2.29. The molecule has 1 aromatic carbocycles. The molecule has 19 heavy (non-hydrogen) atoms. The van der Waals surface area contributed by atoms with E-state index in [2.05, 4.69) is 13.5 Å². The summed E-state index contributed by atoms with van der Waals surface area (Å²) in [4.78, 5) is 0. The van der Waals surface area contributed by atoms with Crippen LogP contribution in [0.1, 0.15) is 32.8 Å². The van der Waals surface area contributed by atoms with Gasteiger partial charge in [0.05, 0.1) is 0 Å². The molecule has 0 aliphatic heterocycles. The maximum absolute atomic E-state index is 6.11. The minimum atomic E-state index is -2.61. The SMILES string of the molecule is C=Cc1cccc(O[Si](CCC)(OCC)OCC)c1. The minimum absolute atomic E-state index is 0.605. The van der Waals surface area contributed by atoms with Crippen LogP contribution in [0.25, 0.3) is 6.08 Å². The Morgan fingerprint density at radius 2 is 1.84 bits per heavy atom. The van der Waals surface area contributed by atoms with E-state index < -0.39 is 8.80 Å². The molecule has 0 aliphatic carbocycles. The van der Waals surface area contributed by atoms with Gasteiger partial charge in [-0.1, -0.05) is 38.1 Å². The third-order valence-corrected chi connectivity index (χ3v) is 5.77. The molecule has 0 spiro atoms. The van der Waals surface area contributed by atoms with Gasteiger partial charge in [0.1, 0.15) is 5.75 Å². The fourth-order valence-electron chi connectivity index (χ4n) is 1.93. The van der Waals surface area contributed by atoms with Crippen molar-refractivity contribution in [2.24, 2.45) is 0 Å². The number of rotatable bonds is 9. The van der Waals surface area contributed by atoms with Gasteiger partial charge >= 0.3 is 8.80 Å². The molecule has 0 N–H and O–H groups in total. The van der Waals surface area contributed by atoms with Gasteiger partial charge < -0.3 is 13.3 Å². The Hall–Kier alpha value is -1.10. The van der Waals surface area contributed by atoms with E-state index in [9.17, 15) is 0 Å². The normalized spacial score (nSPS) is 11.3. The van der Waals surface area contributed by atoms with E-state index >= 15 is 0 Å². The Morgan fingerprint density at radius 1 is 1.16 bits per heavy atom. The van der Waals surface area contributed by atoms with Crippen molar-refractivity contribution in [3.63, 3.8) is 0 Å². The third kappa shape index (κ3) is 4.82. The molecule has 0 amide bonds. The lowest BCUT2D eigenvalue weighted by Crippen LogP contribution is -2.48. The molecular formula is C15H24O3Si. The molecule has 4 heteroatoms. The Morgan fingerprint density at radius 3 is 2.37 bits per heavy atom. The van der Waals surface area contributed by atoms with Gasteiger partial charge in [0.25, 0.3) is 0 Å². The summed E-state index contributed by atoms with van der Waals surface area (Å²) < 4.78 is 17.8. The Balaban J connectivity index is 2.93. The molecule has 1 rings (SSSR count). The minimum Gasteiger partial charge on any atom is -0.501 e. The Bertz CT molecular complexity index is 376. The molecule has 0 heterocycles. The molecule has 0 aromatic heterocycles. The van der Waals surface area contributed by atoms with Crippen molar-refractivity contribution in [3.8, 4) is 5.75 Å². The van der Waals surface area contributed by atoms with Crippen LogP contribution in [0.15, 0.2) is 30.8 Å². The highest BCUT2D eigenvalue weighted by molar-refractivity contribution is 6.61. The fraction of sp³-hybridized carbons (Fsp3) is 0.467. The topological polar surface area (TPSA) is 27.7 Å². The van der Waals surface area contributed by atoms with E-state index in [-0.39, 0.29) is 0 Å². The van der Waals surface area contributed by atoms with Gasteiger partial charge in [-0.25, -0.2) is 0 Å². The third-order valence-electron chi connectivity index (χ3n) is 2.65. The summed E-state index contributed by atoms with van der Waals surface area (Å²) in [5.74, 6) is 0.791. The molecule has 106 valence electrons. The summed E-state index contributed by atoms with van der Waals surface area (Å²) >= 11 is 0. The highest BCUT2D eigenvalue weighted by Crippen LogP contribution is 2.23. The van der Waals surface area contributed by atoms with Crippen LogP contribution < -0.4 is 4.43 Å². The first-order valence-electron chi connectivity index (χ1n) is 6.89. The van der Waals surface area contributed by atoms with E-state index in [0.29, 0.717) is 13.2 Å². The lowest BCUT2D eigenvalue weighted by molar-refractivity contribution is 0.116. The molecule has 0 saturated heterocycles. The van der Waals surface area contributed by atoms with Crippen molar-refractivity contribution in [2.75, 3.05) is 13.2 Å². The predicted octanol–water partition coefficient (Wildman–Crippen LogP) is 4.13. The van der Waals surface area contributed by atoms with E-state index in [1.807, 2.05) is 38.1 Å². The number of hydrogen-bond acceptors (Lipinski definition) is 3. The summed E-state index contributed by atoms with van der Waals surface area (Å²) in [6.07, 6.45) is 2.78. The average Bonchev–Trinajstić information content (AvgIpc) is 2.40. The summed E-state index contributed by atoms with van der Waals surface area (Å²) in [6, 6.07) is 8.66. The van der Waals surface area contributed by atoms with Crippen molar-refractivity contribution in [2.45, 2.75) is 33.2 Å². The van der Waals surface area contributed by atoms with Gasteiger partial charge in [-0.15, -0.1) is 0 Å². The lowest BCUT2D eigenvalue weighted by atomic mass is 10.2. The van der Waals surface area contributed by atoms with Gasteiger partial charge in [0.2, 0.25) is 0 Å². The molecule has 0 unspecified atom stereocenters. The van der Waals surface area contributed by atoms with Crippen LogP contribution in [0.4, 0.5) is 0 Å². The number of hydrogen-bond donors (Lipinski definition) is 0. The molecule has 1 aromatic rings. The van der Waals surface area contributed by atoms with Gasteiger partial charge in [-0.3, -0.25) is 0 Å². The van der Waals surface area contributed by atoms with Gasteiger partial charge in [0, 0.05) is 19.3 Å². The van der Waals surface area contributed by atoms with Gasteiger partial charge in [0.15, 0.2) is 0 Å². The second kappa shape index (κ2) is 8.14. The summed E-state index contributed by atoms with van der Waals surface area (Å²) in [5.41, 5.74) is 1.03. The van der Waals surface area contributed by atoms with Crippen molar-refractivity contribution < 1.29 is 13.3 Å². The van der Waals surface area contributed by atoms with Crippen LogP contribution in [0.5, 0.6) is 5.75 Å². The molecular weight excluding hydrogens is 256 g/mol. The smallest absolute Gasteiger partial charge is 0.501 e. The van der Waals surface area contributed by atoms with E-state index in [1.54, 1.807) is 6.08 Å². The first kappa shape index (κ1) is 16.0. The average molecular weight is 280 g/mol. The van der Waals surface area contributed by atoms with Crippen LogP contribution >= 0.6 is 0 Å². The molecule has 0 saturated carbocycles. The van der Waals surface area contributed by atoms with Gasteiger partial charge in [-0.2, -0.15) is 0 Å².